The van der Waals surface area contributed by atoms with Gasteiger partial charge in [-0.15, -0.1) is 0 Å². The molecule has 0 aliphatic rings. The van der Waals surface area contributed by atoms with E-state index in [0.717, 1.165) is 31.5 Å². The van der Waals surface area contributed by atoms with Crippen molar-refractivity contribution in [2.45, 2.75) is 33.6 Å². The molecule has 0 bridgehead atoms. The molecule has 1 N–H and O–H groups in total. The molecule has 0 spiro atoms. The van der Waals surface area contributed by atoms with E-state index < -0.39 is 0 Å². The van der Waals surface area contributed by atoms with Crippen LogP contribution in [0.25, 0.3) is 0 Å². The predicted molar refractivity (Wildman–Crippen MR) is 88.4 cm³/mol. The molecule has 4 nitrogen and oxygen atoms in total. The van der Waals surface area contributed by atoms with E-state index in [-0.39, 0.29) is 5.91 Å². The first-order chi connectivity index (χ1) is 10.0. The van der Waals surface area contributed by atoms with Gasteiger partial charge in [0.15, 0.2) is 0 Å². The fourth-order valence-corrected chi connectivity index (χ4v) is 2.38. The first kappa shape index (κ1) is 17.8. The third-order valence-electron chi connectivity index (χ3n) is 3.20. The summed E-state index contributed by atoms with van der Waals surface area (Å²) < 4.78 is 5.27. The van der Waals surface area contributed by atoms with Gasteiger partial charge in [0, 0.05) is 11.1 Å². The van der Waals surface area contributed by atoms with Gasteiger partial charge in [0.2, 0.25) is 5.91 Å². The molecule has 0 aliphatic carbocycles. The van der Waals surface area contributed by atoms with E-state index in [9.17, 15) is 4.79 Å². The third-order valence-corrected chi connectivity index (χ3v) is 3.61. The molecule has 0 aliphatic heterocycles. The average Bonchev–Trinajstić information content (AvgIpc) is 2.43. The molecule has 0 fully saturated rings. The number of carbonyl (C=O) groups excluding carboxylic acids is 1. The molecule has 1 amide bonds. The van der Waals surface area contributed by atoms with Crippen LogP contribution in [0.5, 0.6) is 5.75 Å². The van der Waals surface area contributed by atoms with Gasteiger partial charge < -0.3 is 10.1 Å². The topological polar surface area (TPSA) is 41.6 Å². The number of halogens is 1. The van der Waals surface area contributed by atoms with Gasteiger partial charge in [-0.25, -0.2) is 0 Å². The van der Waals surface area contributed by atoms with Crippen molar-refractivity contribution in [1.82, 2.24) is 4.90 Å². The van der Waals surface area contributed by atoms with Crippen molar-refractivity contribution in [3.8, 4) is 5.75 Å². The Morgan fingerprint density at radius 2 is 1.90 bits per heavy atom. The highest BCUT2D eigenvalue weighted by Gasteiger charge is 2.13. The zero-order valence-electron chi connectivity index (χ0n) is 13.3. The summed E-state index contributed by atoms with van der Waals surface area (Å²) in [5.41, 5.74) is 1.57. The first-order valence-corrected chi connectivity index (χ1v) is 7.75. The lowest BCUT2D eigenvalue weighted by atomic mass is 10.2. The molecule has 0 radical (unpaired) electrons. The number of ether oxygens (including phenoxy) is 1. The Balaban J connectivity index is 2.75. The summed E-state index contributed by atoms with van der Waals surface area (Å²) in [5, 5.41) is 3.54. The fraction of sp³-hybridized carbons (Fsp3) is 0.562. The molecular weight excluding hydrogens is 288 g/mol. The smallest absolute Gasteiger partial charge is 0.238 e. The molecule has 5 heteroatoms. The maximum atomic E-state index is 12.2. The lowest BCUT2D eigenvalue weighted by Crippen LogP contribution is -2.34. The molecule has 0 saturated heterocycles. The van der Waals surface area contributed by atoms with Crippen molar-refractivity contribution in [3.63, 3.8) is 0 Å². The van der Waals surface area contributed by atoms with Gasteiger partial charge in [-0.2, -0.15) is 0 Å². The normalized spacial score (nSPS) is 10.8. The second kappa shape index (κ2) is 8.90. The van der Waals surface area contributed by atoms with Crippen molar-refractivity contribution < 1.29 is 9.53 Å². The molecule has 1 rings (SSSR count). The van der Waals surface area contributed by atoms with E-state index in [1.165, 1.54) is 0 Å². The molecule has 118 valence electrons. The maximum Gasteiger partial charge on any atom is 0.238 e. The van der Waals surface area contributed by atoms with Crippen LogP contribution in [0.3, 0.4) is 0 Å². The summed E-state index contributed by atoms with van der Waals surface area (Å²) in [5.74, 6) is 0.549. The summed E-state index contributed by atoms with van der Waals surface area (Å²) in [6, 6.07) is 3.56. The monoisotopic (exact) mass is 312 g/mol. The van der Waals surface area contributed by atoms with Gasteiger partial charge in [0.25, 0.3) is 0 Å². The Kier molecular flexibility index (Phi) is 7.54. The van der Waals surface area contributed by atoms with Gasteiger partial charge in [-0.3, -0.25) is 9.69 Å². The number of amides is 1. The van der Waals surface area contributed by atoms with Gasteiger partial charge in [0.1, 0.15) is 5.75 Å². The van der Waals surface area contributed by atoms with Crippen LogP contribution in [0.4, 0.5) is 5.69 Å². The highest BCUT2D eigenvalue weighted by molar-refractivity contribution is 6.31. The minimum atomic E-state index is -0.0306. The van der Waals surface area contributed by atoms with Crippen molar-refractivity contribution in [2.75, 3.05) is 32.1 Å². The lowest BCUT2D eigenvalue weighted by Gasteiger charge is -2.20. The molecule has 1 aromatic carbocycles. The largest absolute Gasteiger partial charge is 0.495 e. The minimum Gasteiger partial charge on any atom is -0.495 e. The zero-order valence-corrected chi connectivity index (χ0v) is 14.1. The zero-order chi connectivity index (χ0) is 15.8. The van der Waals surface area contributed by atoms with Crippen molar-refractivity contribution in [3.05, 3.63) is 22.7 Å². The van der Waals surface area contributed by atoms with Crippen molar-refractivity contribution >= 4 is 23.2 Å². The van der Waals surface area contributed by atoms with Crippen molar-refractivity contribution in [1.29, 1.82) is 0 Å². The second-order valence-electron chi connectivity index (χ2n) is 5.13. The molecule has 0 saturated carbocycles. The highest BCUT2D eigenvalue weighted by Crippen LogP contribution is 2.30. The molecule has 0 heterocycles. The standard InChI is InChI=1S/C16H25ClN2O2/c1-5-7-19(8-6-2)11-16(20)18-14-9-12(3)13(17)10-15(14)21-4/h9-10H,5-8,11H2,1-4H3,(H,18,20). The van der Waals surface area contributed by atoms with E-state index in [1.54, 1.807) is 13.2 Å². The van der Waals surface area contributed by atoms with Crippen LogP contribution in [0.2, 0.25) is 5.02 Å². The summed E-state index contributed by atoms with van der Waals surface area (Å²) in [6.45, 7) is 8.39. The summed E-state index contributed by atoms with van der Waals surface area (Å²) in [6.07, 6.45) is 2.08. The van der Waals surface area contributed by atoms with Crippen molar-refractivity contribution in [2.24, 2.45) is 0 Å². The Bertz CT molecular complexity index is 472. The highest BCUT2D eigenvalue weighted by atomic mass is 35.5. The minimum absolute atomic E-state index is 0.0306. The number of methoxy groups -OCH3 is 1. The first-order valence-electron chi connectivity index (χ1n) is 7.38. The lowest BCUT2D eigenvalue weighted by molar-refractivity contribution is -0.117. The number of hydrogen-bond donors (Lipinski definition) is 1. The maximum absolute atomic E-state index is 12.2. The molecule has 0 unspecified atom stereocenters. The van der Waals surface area contributed by atoms with Gasteiger partial charge in [-0.05, 0) is 44.5 Å². The van der Waals surface area contributed by atoms with Crippen LogP contribution in [-0.2, 0) is 4.79 Å². The van der Waals surface area contributed by atoms with Crippen LogP contribution < -0.4 is 10.1 Å². The molecular formula is C16H25ClN2O2. The number of carbonyl (C=O) groups is 1. The van der Waals surface area contributed by atoms with E-state index in [2.05, 4.69) is 24.1 Å². The van der Waals surface area contributed by atoms with Gasteiger partial charge in [0.05, 0.1) is 19.3 Å². The van der Waals surface area contributed by atoms with Crippen LogP contribution in [0.1, 0.15) is 32.3 Å². The second-order valence-corrected chi connectivity index (χ2v) is 5.53. The molecule has 1 aromatic rings. The predicted octanol–water partition coefficient (Wildman–Crippen LogP) is 3.72. The van der Waals surface area contributed by atoms with Crippen LogP contribution >= 0.6 is 11.6 Å². The van der Waals surface area contributed by atoms with Crippen LogP contribution in [0, 0.1) is 6.92 Å². The van der Waals surface area contributed by atoms with E-state index in [4.69, 9.17) is 16.3 Å². The van der Waals surface area contributed by atoms with Gasteiger partial charge >= 0.3 is 0 Å². The third kappa shape index (κ3) is 5.56. The van der Waals surface area contributed by atoms with E-state index in [1.807, 2.05) is 13.0 Å². The molecule has 0 atom stereocenters. The number of aryl methyl sites for hydroxylation is 1. The number of benzene rings is 1. The average molecular weight is 313 g/mol. The Hall–Kier alpha value is -1.26. The molecule has 21 heavy (non-hydrogen) atoms. The SMILES string of the molecule is CCCN(CCC)CC(=O)Nc1cc(C)c(Cl)cc1OC. The number of anilines is 1. The molecule has 0 aromatic heterocycles. The van der Waals surface area contributed by atoms with Gasteiger partial charge in [-0.1, -0.05) is 25.4 Å². The summed E-state index contributed by atoms with van der Waals surface area (Å²) >= 11 is 6.07. The Morgan fingerprint density at radius 3 is 2.43 bits per heavy atom. The Labute approximate surface area is 132 Å². The summed E-state index contributed by atoms with van der Waals surface area (Å²) in [4.78, 5) is 14.4. The van der Waals surface area contributed by atoms with E-state index in [0.29, 0.717) is 23.0 Å². The number of rotatable bonds is 8. The van der Waals surface area contributed by atoms with E-state index >= 15 is 0 Å². The number of nitrogens with zero attached hydrogens (tertiary/aromatic N) is 1. The Morgan fingerprint density at radius 1 is 1.29 bits per heavy atom. The van der Waals surface area contributed by atoms with Crippen LogP contribution in [-0.4, -0.2) is 37.6 Å². The fourth-order valence-electron chi connectivity index (χ4n) is 2.23. The van der Waals surface area contributed by atoms with Crippen LogP contribution in [0.15, 0.2) is 12.1 Å². The quantitative estimate of drug-likeness (QED) is 0.795. The summed E-state index contributed by atoms with van der Waals surface area (Å²) in [7, 11) is 1.57. The number of hydrogen-bond acceptors (Lipinski definition) is 3. The number of nitrogens with one attached hydrogen (secondary N) is 1.